The minimum absolute atomic E-state index is 0.861. The van der Waals surface area contributed by atoms with Gasteiger partial charge in [-0.3, -0.25) is 0 Å². The van der Waals surface area contributed by atoms with Gasteiger partial charge in [0, 0.05) is 5.56 Å². The van der Waals surface area contributed by atoms with E-state index in [0.29, 0.717) is 0 Å². The standard InChI is InChI=1S/C14H18O/c1-2-3-4-7-10-15-14-11-12-8-5-6-9-13(12)14/h5-6,8-9,11H,2-4,7,10H2,1H3. The highest BCUT2D eigenvalue weighted by atomic mass is 16.5. The Bertz CT molecular complexity index is 352. The Labute approximate surface area is 91.8 Å². The molecule has 2 rings (SSSR count). The van der Waals surface area contributed by atoms with E-state index in [1.54, 1.807) is 0 Å². The molecule has 1 aliphatic rings. The van der Waals surface area contributed by atoms with Crippen molar-refractivity contribution in [1.29, 1.82) is 0 Å². The molecule has 0 amide bonds. The maximum Gasteiger partial charge on any atom is 0.127 e. The van der Waals surface area contributed by atoms with Crippen LogP contribution >= 0.6 is 0 Å². The molecule has 0 atom stereocenters. The van der Waals surface area contributed by atoms with Crippen molar-refractivity contribution in [1.82, 2.24) is 0 Å². The Morgan fingerprint density at radius 3 is 2.73 bits per heavy atom. The molecule has 0 heterocycles. The minimum Gasteiger partial charge on any atom is -0.493 e. The third-order valence-electron chi connectivity index (χ3n) is 2.77. The lowest BCUT2D eigenvalue weighted by Crippen LogP contribution is -2.03. The van der Waals surface area contributed by atoms with Crippen LogP contribution in [0.3, 0.4) is 0 Å². The van der Waals surface area contributed by atoms with Crippen LogP contribution < -0.4 is 0 Å². The average Bonchev–Trinajstić information content (AvgIpc) is 2.24. The number of ether oxygens (including phenoxy) is 1. The number of unbranched alkanes of at least 4 members (excludes halogenated alkanes) is 3. The molecular weight excluding hydrogens is 184 g/mol. The van der Waals surface area contributed by atoms with Crippen molar-refractivity contribution >= 4 is 11.8 Å². The van der Waals surface area contributed by atoms with Crippen LogP contribution in [0.2, 0.25) is 0 Å². The fraction of sp³-hybridized carbons (Fsp3) is 0.429. The predicted octanol–water partition coefficient (Wildman–Crippen LogP) is 4.10. The fourth-order valence-electron chi connectivity index (χ4n) is 1.82. The Morgan fingerprint density at radius 1 is 1.07 bits per heavy atom. The lowest BCUT2D eigenvalue weighted by molar-refractivity contribution is 0.266. The summed E-state index contributed by atoms with van der Waals surface area (Å²) in [7, 11) is 0. The van der Waals surface area contributed by atoms with E-state index in [2.05, 4.69) is 37.3 Å². The highest BCUT2D eigenvalue weighted by Crippen LogP contribution is 2.32. The molecule has 80 valence electrons. The second-order valence-corrected chi connectivity index (χ2v) is 4.00. The minimum atomic E-state index is 0.861. The van der Waals surface area contributed by atoms with Gasteiger partial charge in [0.05, 0.1) is 6.61 Å². The van der Waals surface area contributed by atoms with Crippen LogP contribution in [-0.4, -0.2) is 6.61 Å². The second kappa shape index (κ2) is 5.01. The molecule has 0 radical (unpaired) electrons. The molecule has 0 fully saturated rings. The Morgan fingerprint density at radius 2 is 1.93 bits per heavy atom. The van der Waals surface area contributed by atoms with Gasteiger partial charge in [0.25, 0.3) is 0 Å². The SMILES string of the molecule is CCCCCCOC1=Cc2ccccc21. The van der Waals surface area contributed by atoms with Crippen LogP contribution in [0.25, 0.3) is 11.8 Å². The summed E-state index contributed by atoms with van der Waals surface area (Å²) in [5.74, 6) is 1.07. The van der Waals surface area contributed by atoms with Crippen molar-refractivity contribution in [2.45, 2.75) is 32.6 Å². The molecule has 0 aliphatic heterocycles. The van der Waals surface area contributed by atoms with E-state index in [1.165, 1.54) is 36.8 Å². The Hall–Kier alpha value is -1.24. The Kier molecular flexibility index (Phi) is 3.44. The van der Waals surface area contributed by atoms with E-state index in [4.69, 9.17) is 4.74 Å². The third kappa shape index (κ3) is 2.41. The van der Waals surface area contributed by atoms with Gasteiger partial charge < -0.3 is 4.74 Å². The Balaban J connectivity index is 1.71. The number of rotatable bonds is 6. The molecule has 1 nitrogen and oxygen atoms in total. The normalized spacial score (nSPS) is 12.7. The van der Waals surface area contributed by atoms with Crippen molar-refractivity contribution in [2.75, 3.05) is 6.61 Å². The first-order valence-corrected chi connectivity index (χ1v) is 5.85. The molecule has 1 heteroatoms. The summed E-state index contributed by atoms with van der Waals surface area (Å²) in [6, 6.07) is 8.37. The van der Waals surface area contributed by atoms with Crippen LogP contribution in [-0.2, 0) is 4.74 Å². The summed E-state index contributed by atoms with van der Waals surface area (Å²) in [6.07, 6.45) is 7.18. The van der Waals surface area contributed by atoms with Gasteiger partial charge in [-0.2, -0.15) is 0 Å². The van der Waals surface area contributed by atoms with Crippen LogP contribution in [0.5, 0.6) is 0 Å². The summed E-state index contributed by atoms with van der Waals surface area (Å²) in [4.78, 5) is 0. The quantitative estimate of drug-likeness (QED) is 0.631. The van der Waals surface area contributed by atoms with Gasteiger partial charge in [-0.25, -0.2) is 0 Å². The monoisotopic (exact) mass is 202 g/mol. The van der Waals surface area contributed by atoms with Gasteiger partial charge in [0.1, 0.15) is 5.76 Å². The van der Waals surface area contributed by atoms with Gasteiger partial charge in [-0.05, 0) is 18.1 Å². The maximum atomic E-state index is 5.71. The zero-order chi connectivity index (χ0) is 10.5. The number of benzene rings is 1. The van der Waals surface area contributed by atoms with Crippen LogP contribution in [0.4, 0.5) is 0 Å². The van der Waals surface area contributed by atoms with Gasteiger partial charge in [0.15, 0.2) is 0 Å². The van der Waals surface area contributed by atoms with Gasteiger partial charge in [0.2, 0.25) is 0 Å². The largest absolute Gasteiger partial charge is 0.493 e. The first-order valence-electron chi connectivity index (χ1n) is 5.85. The molecule has 0 bridgehead atoms. The smallest absolute Gasteiger partial charge is 0.127 e. The lowest BCUT2D eigenvalue weighted by atomic mass is 9.96. The summed E-state index contributed by atoms with van der Waals surface area (Å²) in [6.45, 7) is 3.09. The zero-order valence-electron chi connectivity index (χ0n) is 9.33. The van der Waals surface area contributed by atoms with Crippen molar-refractivity contribution in [3.8, 4) is 0 Å². The number of hydrogen-bond donors (Lipinski definition) is 0. The first-order chi connectivity index (χ1) is 7.42. The first kappa shape index (κ1) is 10.3. The van der Waals surface area contributed by atoms with E-state index in [1.807, 2.05) is 0 Å². The molecule has 15 heavy (non-hydrogen) atoms. The number of hydrogen-bond acceptors (Lipinski definition) is 1. The van der Waals surface area contributed by atoms with Crippen molar-refractivity contribution in [3.63, 3.8) is 0 Å². The molecule has 0 spiro atoms. The molecule has 0 unspecified atom stereocenters. The predicted molar refractivity (Wildman–Crippen MR) is 64.4 cm³/mol. The summed E-state index contributed by atoms with van der Waals surface area (Å²) < 4.78 is 5.71. The summed E-state index contributed by atoms with van der Waals surface area (Å²) in [5.41, 5.74) is 2.58. The van der Waals surface area contributed by atoms with Crippen LogP contribution in [0.1, 0.15) is 43.7 Å². The molecule has 0 N–H and O–H groups in total. The second-order valence-electron chi connectivity index (χ2n) is 4.00. The highest BCUT2D eigenvalue weighted by Gasteiger charge is 2.15. The highest BCUT2D eigenvalue weighted by molar-refractivity contribution is 5.91. The third-order valence-corrected chi connectivity index (χ3v) is 2.77. The molecular formula is C14H18O. The fourth-order valence-corrected chi connectivity index (χ4v) is 1.82. The maximum absolute atomic E-state index is 5.71. The zero-order valence-corrected chi connectivity index (χ0v) is 9.33. The number of fused-ring (bicyclic) bond motifs is 1. The van der Waals surface area contributed by atoms with Gasteiger partial charge in [-0.1, -0.05) is 50.5 Å². The van der Waals surface area contributed by atoms with Crippen LogP contribution in [0.15, 0.2) is 24.3 Å². The van der Waals surface area contributed by atoms with Gasteiger partial charge >= 0.3 is 0 Å². The average molecular weight is 202 g/mol. The van der Waals surface area contributed by atoms with Crippen molar-refractivity contribution < 1.29 is 4.74 Å². The lowest BCUT2D eigenvalue weighted by Gasteiger charge is -2.20. The van der Waals surface area contributed by atoms with Crippen molar-refractivity contribution in [2.24, 2.45) is 0 Å². The molecule has 1 aromatic carbocycles. The summed E-state index contributed by atoms with van der Waals surface area (Å²) in [5, 5.41) is 0. The molecule has 1 aliphatic carbocycles. The molecule has 0 aromatic heterocycles. The van der Waals surface area contributed by atoms with Gasteiger partial charge in [-0.15, -0.1) is 0 Å². The molecule has 1 aromatic rings. The van der Waals surface area contributed by atoms with E-state index in [0.717, 1.165) is 12.4 Å². The van der Waals surface area contributed by atoms with Crippen LogP contribution in [0, 0.1) is 0 Å². The topological polar surface area (TPSA) is 9.23 Å². The van der Waals surface area contributed by atoms with E-state index >= 15 is 0 Å². The molecule has 0 saturated heterocycles. The summed E-state index contributed by atoms with van der Waals surface area (Å²) >= 11 is 0. The van der Waals surface area contributed by atoms with E-state index in [-0.39, 0.29) is 0 Å². The van der Waals surface area contributed by atoms with Crippen molar-refractivity contribution in [3.05, 3.63) is 35.4 Å². The molecule has 0 saturated carbocycles. The van der Waals surface area contributed by atoms with E-state index < -0.39 is 0 Å². The van der Waals surface area contributed by atoms with E-state index in [9.17, 15) is 0 Å².